The lowest BCUT2D eigenvalue weighted by Gasteiger charge is -2.28. The van der Waals surface area contributed by atoms with Gasteiger partial charge in [-0.3, -0.25) is 4.79 Å². The molecule has 18 heavy (non-hydrogen) atoms. The third kappa shape index (κ3) is 3.12. The number of rotatable bonds is 2. The number of likely N-dealkylation sites (N-methyl/N-ethyl adjacent to an activating group) is 2. The van der Waals surface area contributed by atoms with Gasteiger partial charge in [-0.1, -0.05) is 0 Å². The molecule has 1 saturated heterocycles. The minimum Gasteiger partial charge on any atom is -0.480 e. The van der Waals surface area contributed by atoms with Crippen molar-refractivity contribution in [3.63, 3.8) is 0 Å². The molecule has 1 fully saturated rings. The maximum absolute atomic E-state index is 12.1. The van der Waals surface area contributed by atoms with Crippen LogP contribution in [0.1, 0.15) is 13.3 Å². The molecule has 0 saturated carbocycles. The van der Waals surface area contributed by atoms with Gasteiger partial charge >= 0.3 is 12.0 Å². The van der Waals surface area contributed by atoms with Crippen molar-refractivity contribution >= 4 is 17.9 Å². The van der Waals surface area contributed by atoms with E-state index in [-0.39, 0.29) is 12.5 Å². The molecule has 0 bridgehead atoms. The van der Waals surface area contributed by atoms with E-state index in [9.17, 15) is 14.4 Å². The van der Waals surface area contributed by atoms with Crippen molar-refractivity contribution in [2.75, 3.05) is 33.7 Å². The molecule has 0 spiro atoms. The maximum atomic E-state index is 12.1. The van der Waals surface area contributed by atoms with Gasteiger partial charge in [0.1, 0.15) is 12.6 Å². The van der Waals surface area contributed by atoms with Crippen LogP contribution in [-0.2, 0) is 9.59 Å². The largest absolute Gasteiger partial charge is 0.480 e. The zero-order valence-corrected chi connectivity index (χ0v) is 10.9. The number of carboxylic acid groups (broad SMARTS) is 1. The summed E-state index contributed by atoms with van der Waals surface area (Å²) in [7, 11) is 3.13. The molecule has 0 aromatic rings. The van der Waals surface area contributed by atoms with E-state index >= 15 is 0 Å². The van der Waals surface area contributed by atoms with E-state index in [0.29, 0.717) is 19.5 Å². The van der Waals surface area contributed by atoms with Gasteiger partial charge < -0.3 is 19.8 Å². The summed E-state index contributed by atoms with van der Waals surface area (Å²) in [5.74, 6) is -1.19. The van der Waals surface area contributed by atoms with E-state index in [1.165, 1.54) is 18.9 Å². The Morgan fingerprint density at radius 2 is 2.00 bits per heavy atom. The van der Waals surface area contributed by atoms with E-state index < -0.39 is 18.0 Å². The van der Waals surface area contributed by atoms with E-state index in [1.54, 1.807) is 11.9 Å². The minimum atomic E-state index is -1.07. The average molecular weight is 257 g/mol. The molecular weight excluding hydrogens is 238 g/mol. The van der Waals surface area contributed by atoms with Gasteiger partial charge in [0.05, 0.1) is 0 Å². The molecule has 102 valence electrons. The van der Waals surface area contributed by atoms with Gasteiger partial charge in [0.15, 0.2) is 0 Å². The second-order valence-electron chi connectivity index (χ2n) is 4.50. The van der Waals surface area contributed by atoms with Crippen LogP contribution < -0.4 is 0 Å². The van der Waals surface area contributed by atoms with Crippen LogP contribution in [0.3, 0.4) is 0 Å². The fourth-order valence-electron chi connectivity index (χ4n) is 1.70. The van der Waals surface area contributed by atoms with Crippen LogP contribution in [0.15, 0.2) is 0 Å². The molecule has 1 aliphatic rings. The highest BCUT2D eigenvalue weighted by atomic mass is 16.4. The summed E-state index contributed by atoms with van der Waals surface area (Å²) in [6.45, 7) is 2.52. The lowest BCUT2D eigenvalue weighted by molar-refractivity contribution is -0.141. The Bertz CT molecular complexity index is 358. The Hall–Kier alpha value is -1.79. The molecule has 0 radical (unpaired) electrons. The fourth-order valence-corrected chi connectivity index (χ4v) is 1.70. The third-order valence-corrected chi connectivity index (χ3v) is 3.18. The molecule has 0 aliphatic carbocycles. The fraction of sp³-hybridized carbons (Fsp3) is 0.727. The lowest BCUT2D eigenvalue weighted by Crippen LogP contribution is -2.49. The molecule has 7 nitrogen and oxygen atoms in total. The number of carbonyl (C=O) groups is 3. The second-order valence-corrected chi connectivity index (χ2v) is 4.50. The standard InChI is InChI=1S/C11H19N3O4/c1-8(10(16)17)13(3)11(18)14-6-4-5-12(2)9(15)7-14/h8H,4-7H2,1-3H3,(H,16,17). The molecule has 1 rings (SSSR count). The third-order valence-electron chi connectivity index (χ3n) is 3.18. The number of amides is 3. The number of nitrogens with zero attached hydrogens (tertiary/aromatic N) is 3. The van der Waals surface area contributed by atoms with Crippen molar-refractivity contribution in [3.8, 4) is 0 Å². The highest BCUT2D eigenvalue weighted by molar-refractivity contribution is 5.86. The molecular formula is C11H19N3O4. The Morgan fingerprint density at radius 1 is 1.39 bits per heavy atom. The Balaban J connectivity index is 2.71. The first-order valence-corrected chi connectivity index (χ1v) is 5.83. The van der Waals surface area contributed by atoms with Gasteiger partial charge in [-0.05, 0) is 13.3 Å². The van der Waals surface area contributed by atoms with Crippen molar-refractivity contribution < 1.29 is 19.5 Å². The van der Waals surface area contributed by atoms with Crippen molar-refractivity contribution in [2.45, 2.75) is 19.4 Å². The molecule has 1 unspecified atom stereocenters. The van der Waals surface area contributed by atoms with E-state index in [2.05, 4.69) is 0 Å². The van der Waals surface area contributed by atoms with Crippen LogP contribution in [0.2, 0.25) is 0 Å². The van der Waals surface area contributed by atoms with Gasteiger partial charge in [0, 0.05) is 27.2 Å². The van der Waals surface area contributed by atoms with Crippen molar-refractivity contribution in [1.29, 1.82) is 0 Å². The topological polar surface area (TPSA) is 81.2 Å². The first-order valence-electron chi connectivity index (χ1n) is 5.83. The molecule has 1 heterocycles. The van der Waals surface area contributed by atoms with Crippen LogP contribution >= 0.6 is 0 Å². The van der Waals surface area contributed by atoms with Crippen LogP contribution in [0.25, 0.3) is 0 Å². The number of carboxylic acids is 1. The molecule has 1 N–H and O–H groups in total. The smallest absolute Gasteiger partial charge is 0.326 e. The molecule has 1 aliphatic heterocycles. The van der Waals surface area contributed by atoms with Gasteiger partial charge in [0.2, 0.25) is 5.91 Å². The summed E-state index contributed by atoms with van der Waals surface area (Å²) in [5.41, 5.74) is 0. The Morgan fingerprint density at radius 3 is 2.56 bits per heavy atom. The van der Waals surface area contributed by atoms with Crippen LogP contribution in [0, 0.1) is 0 Å². The van der Waals surface area contributed by atoms with Gasteiger partial charge in [0.25, 0.3) is 0 Å². The second kappa shape index (κ2) is 5.70. The van der Waals surface area contributed by atoms with Gasteiger partial charge in [-0.2, -0.15) is 0 Å². The zero-order valence-electron chi connectivity index (χ0n) is 10.9. The summed E-state index contributed by atoms with van der Waals surface area (Å²) in [6, 6.07) is -1.33. The number of aliphatic carboxylic acids is 1. The summed E-state index contributed by atoms with van der Waals surface area (Å²) >= 11 is 0. The number of hydrogen-bond donors (Lipinski definition) is 1. The van der Waals surface area contributed by atoms with Gasteiger partial charge in [-0.25, -0.2) is 9.59 Å². The monoisotopic (exact) mass is 257 g/mol. The van der Waals surface area contributed by atoms with E-state index in [1.807, 2.05) is 0 Å². The lowest BCUT2D eigenvalue weighted by atomic mass is 10.3. The number of hydrogen-bond acceptors (Lipinski definition) is 3. The predicted molar refractivity (Wildman–Crippen MR) is 64.1 cm³/mol. The normalized spacial score (nSPS) is 18.3. The quantitative estimate of drug-likeness (QED) is 0.735. The molecule has 0 aromatic carbocycles. The van der Waals surface area contributed by atoms with Crippen molar-refractivity contribution in [2.24, 2.45) is 0 Å². The first kappa shape index (κ1) is 14.3. The molecule has 3 amide bonds. The van der Waals surface area contributed by atoms with E-state index in [0.717, 1.165) is 4.90 Å². The minimum absolute atomic E-state index is 0.00596. The number of carbonyl (C=O) groups excluding carboxylic acids is 2. The van der Waals surface area contributed by atoms with E-state index in [4.69, 9.17) is 5.11 Å². The Labute approximate surface area is 106 Å². The number of urea groups is 1. The van der Waals surface area contributed by atoms with Crippen LogP contribution in [0.4, 0.5) is 4.79 Å². The average Bonchev–Trinajstić information content (AvgIpc) is 2.49. The van der Waals surface area contributed by atoms with Gasteiger partial charge in [-0.15, -0.1) is 0 Å². The Kier molecular flexibility index (Phi) is 4.52. The summed E-state index contributed by atoms with van der Waals surface area (Å²) < 4.78 is 0. The van der Waals surface area contributed by atoms with Crippen LogP contribution in [-0.4, -0.2) is 77.5 Å². The SMILES string of the molecule is CC(C(=O)O)N(C)C(=O)N1CCCN(C)C(=O)C1. The highest BCUT2D eigenvalue weighted by Crippen LogP contribution is 2.08. The van der Waals surface area contributed by atoms with Crippen molar-refractivity contribution in [1.82, 2.24) is 14.7 Å². The first-order chi connectivity index (χ1) is 8.34. The zero-order chi connectivity index (χ0) is 13.9. The molecule has 0 aromatic heterocycles. The predicted octanol–water partition coefficient (Wildman–Crippen LogP) is -0.325. The molecule has 1 atom stereocenters. The summed E-state index contributed by atoms with van der Waals surface area (Å²) in [4.78, 5) is 38.7. The maximum Gasteiger partial charge on any atom is 0.326 e. The van der Waals surface area contributed by atoms with Crippen molar-refractivity contribution in [3.05, 3.63) is 0 Å². The molecule has 7 heteroatoms. The summed E-state index contributed by atoms with van der Waals surface area (Å²) in [5, 5.41) is 8.86. The summed E-state index contributed by atoms with van der Waals surface area (Å²) in [6.07, 6.45) is 0.698. The van der Waals surface area contributed by atoms with Crippen LogP contribution in [0.5, 0.6) is 0 Å². The highest BCUT2D eigenvalue weighted by Gasteiger charge is 2.29.